The number of nitrogens with one attached hydrogen (secondary N) is 2. The van der Waals surface area contributed by atoms with Crippen molar-refractivity contribution in [3.8, 4) is 17.0 Å². The monoisotopic (exact) mass is 407 g/mol. The maximum atomic E-state index is 12.6. The largest absolute Gasteiger partial charge is 0.497 e. The van der Waals surface area contributed by atoms with E-state index in [4.69, 9.17) is 16.3 Å². The third-order valence-electron chi connectivity index (χ3n) is 4.80. The number of hydrogen-bond acceptors (Lipinski definition) is 7. The molecule has 5 rings (SSSR count). The molecule has 0 aliphatic carbocycles. The average molecular weight is 408 g/mol. The summed E-state index contributed by atoms with van der Waals surface area (Å²) in [6, 6.07) is 14.3. The molecule has 2 aromatic heterocycles. The van der Waals surface area contributed by atoms with Gasteiger partial charge < -0.3 is 10.1 Å². The highest BCUT2D eigenvalue weighted by Gasteiger charge is 2.34. The molecular weight excluding hydrogens is 394 g/mol. The first-order valence-electron chi connectivity index (χ1n) is 8.73. The Balaban J connectivity index is 1.80. The molecule has 1 atom stereocenters. The van der Waals surface area contributed by atoms with E-state index in [0.717, 1.165) is 11.1 Å². The van der Waals surface area contributed by atoms with Gasteiger partial charge >= 0.3 is 0 Å². The van der Waals surface area contributed by atoms with Gasteiger partial charge in [-0.05, 0) is 40.3 Å². The normalized spacial score (nSPS) is 14.6. The summed E-state index contributed by atoms with van der Waals surface area (Å²) in [6.45, 7) is 0. The number of benzene rings is 2. The SMILES string of the molecule is COc1cccc(-c2n[nH]c(=O)c3c2C(c2ccc(Cl)cc2)n2nnnc2N3)c1. The van der Waals surface area contributed by atoms with Crippen LogP contribution in [0.2, 0.25) is 5.02 Å². The first-order valence-corrected chi connectivity index (χ1v) is 9.11. The molecule has 3 heterocycles. The zero-order valence-corrected chi connectivity index (χ0v) is 15.9. The lowest BCUT2D eigenvalue weighted by molar-refractivity contribution is 0.415. The standard InChI is InChI=1S/C19H14ClN7O2/c1-29-13-4-2-3-11(9-13)15-14-16(18(28)23-22-15)21-19-24-25-26-27(19)17(14)10-5-7-12(20)8-6-10/h2-9,17H,1H3,(H,23,28)(H,21,24,26). The summed E-state index contributed by atoms with van der Waals surface area (Å²) in [5, 5.41) is 22.4. The molecule has 0 fully saturated rings. The van der Waals surface area contributed by atoms with Crippen molar-refractivity contribution < 1.29 is 4.74 Å². The Hall–Kier alpha value is -3.72. The third-order valence-corrected chi connectivity index (χ3v) is 5.05. The summed E-state index contributed by atoms with van der Waals surface area (Å²) in [7, 11) is 1.60. The fraction of sp³-hybridized carbons (Fsp3) is 0.105. The number of aromatic amines is 1. The number of hydrogen-bond donors (Lipinski definition) is 2. The van der Waals surface area contributed by atoms with Gasteiger partial charge in [0.25, 0.3) is 5.56 Å². The van der Waals surface area contributed by atoms with Gasteiger partial charge in [0.2, 0.25) is 5.95 Å². The molecule has 2 N–H and O–H groups in total. The molecule has 1 unspecified atom stereocenters. The number of methoxy groups -OCH3 is 1. The van der Waals surface area contributed by atoms with E-state index >= 15 is 0 Å². The Morgan fingerprint density at radius 1 is 1.17 bits per heavy atom. The number of anilines is 2. The van der Waals surface area contributed by atoms with Crippen molar-refractivity contribution in [1.82, 2.24) is 30.4 Å². The summed E-state index contributed by atoms with van der Waals surface area (Å²) in [5.41, 5.74) is 2.88. The Bertz CT molecular complexity index is 1270. The molecule has 4 aromatic rings. The molecule has 0 spiro atoms. The topological polar surface area (TPSA) is 111 Å². The minimum atomic E-state index is -0.468. The van der Waals surface area contributed by atoms with Crippen molar-refractivity contribution >= 4 is 23.2 Å². The molecule has 0 amide bonds. The van der Waals surface area contributed by atoms with Crippen LogP contribution in [0.15, 0.2) is 53.3 Å². The second kappa shape index (κ2) is 6.71. The molecule has 1 aliphatic rings. The van der Waals surface area contributed by atoms with Gasteiger partial charge in [0.15, 0.2) is 0 Å². The van der Waals surface area contributed by atoms with Gasteiger partial charge in [0.1, 0.15) is 17.5 Å². The van der Waals surface area contributed by atoms with Crippen molar-refractivity contribution in [2.24, 2.45) is 0 Å². The van der Waals surface area contributed by atoms with Crippen LogP contribution >= 0.6 is 11.6 Å². The number of ether oxygens (including phenoxy) is 1. The van der Waals surface area contributed by atoms with E-state index in [1.807, 2.05) is 36.4 Å². The Morgan fingerprint density at radius 2 is 2.00 bits per heavy atom. The van der Waals surface area contributed by atoms with Crippen molar-refractivity contribution in [2.45, 2.75) is 6.04 Å². The summed E-state index contributed by atoms with van der Waals surface area (Å²) in [4.78, 5) is 12.6. The maximum absolute atomic E-state index is 12.6. The van der Waals surface area contributed by atoms with Crippen molar-refractivity contribution in [1.29, 1.82) is 0 Å². The van der Waals surface area contributed by atoms with E-state index < -0.39 is 6.04 Å². The Labute approximate surface area is 169 Å². The number of nitrogens with zero attached hydrogens (tertiary/aromatic N) is 5. The van der Waals surface area contributed by atoms with Gasteiger partial charge in [-0.25, -0.2) is 5.10 Å². The molecule has 0 bridgehead atoms. The van der Waals surface area contributed by atoms with Crippen LogP contribution in [-0.4, -0.2) is 37.5 Å². The van der Waals surface area contributed by atoms with E-state index in [0.29, 0.717) is 33.7 Å². The fourth-order valence-electron chi connectivity index (χ4n) is 3.48. The highest BCUT2D eigenvalue weighted by molar-refractivity contribution is 6.30. The first-order chi connectivity index (χ1) is 14.2. The summed E-state index contributed by atoms with van der Waals surface area (Å²) < 4.78 is 6.97. The zero-order chi connectivity index (χ0) is 20.0. The molecule has 9 nitrogen and oxygen atoms in total. The van der Waals surface area contributed by atoms with E-state index in [-0.39, 0.29) is 5.56 Å². The molecule has 0 saturated heterocycles. The number of H-pyrrole nitrogens is 1. The van der Waals surface area contributed by atoms with E-state index in [1.54, 1.807) is 23.9 Å². The molecule has 144 valence electrons. The second-order valence-electron chi connectivity index (χ2n) is 6.45. The lowest BCUT2D eigenvalue weighted by Gasteiger charge is -2.27. The molecule has 1 aliphatic heterocycles. The zero-order valence-electron chi connectivity index (χ0n) is 15.1. The highest BCUT2D eigenvalue weighted by Crippen LogP contribution is 2.41. The molecule has 0 radical (unpaired) electrons. The van der Waals surface area contributed by atoms with Crippen LogP contribution in [0.1, 0.15) is 17.2 Å². The number of halogens is 1. The lowest BCUT2D eigenvalue weighted by Crippen LogP contribution is -2.29. The summed E-state index contributed by atoms with van der Waals surface area (Å²) in [5.74, 6) is 1.05. The van der Waals surface area contributed by atoms with Crippen molar-refractivity contribution in [3.05, 3.63) is 75.0 Å². The quantitative estimate of drug-likeness (QED) is 0.473. The predicted molar refractivity (Wildman–Crippen MR) is 107 cm³/mol. The minimum Gasteiger partial charge on any atom is -0.497 e. The van der Waals surface area contributed by atoms with Gasteiger partial charge in [-0.2, -0.15) is 9.78 Å². The first kappa shape index (κ1) is 17.4. The number of rotatable bonds is 3. The molecule has 29 heavy (non-hydrogen) atoms. The van der Waals surface area contributed by atoms with Crippen molar-refractivity contribution in [3.63, 3.8) is 0 Å². The summed E-state index contributed by atoms with van der Waals surface area (Å²) >= 11 is 6.07. The van der Waals surface area contributed by atoms with Crippen LogP contribution in [0.3, 0.4) is 0 Å². The van der Waals surface area contributed by atoms with Gasteiger partial charge in [-0.1, -0.05) is 41.0 Å². The van der Waals surface area contributed by atoms with Crippen LogP contribution in [0.5, 0.6) is 5.75 Å². The van der Waals surface area contributed by atoms with Crippen LogP contribution in [-0.2, 0) is 0 Å². The van der Waals surface area contributed by atoms with Gasteiger partial charge in [0.05, 0.1) is 12.8 Å². The average Bonchev–Trinajstić information content (AvgIpc) is 3.22. The number of tetrazole rings is 1. The van der Waals surface area contributed by atoms with Gasteiger partial charge in [0, 0.05) is 16.1 Å². The smallest absolute Gasteiger partial charge is 0.288 e. The number of aromatic nitrogens is 6. The second-order valence-corrected chi connectivity index (χ2v) is 6.88. The third kappa shape index (κ3) is 2.83. The van der Waals surface area contributed by atoms with Crippen LogP contribution < -0.4 is 15.6 Å². The highest BCUT2D eigenvalue weighted by atomic mass is 35.5. The van der Waals surface area contributed by atoms with Crippen LogP contribution in [0.4, 0.5) is 11.6 Å². The maximum Gasteiger partial charge on any atom is 0.288 e. The molecule has 2 aromatic carbocycles. The minimum absolute atomic E-state index is 0.347. The van der Waals surface area contributed by atoms with Gasteiger partial charge in [-0.3, -0.25) is 4.79 Å². The molecular formula is C19H14ClN7O2. The number of fused-ring (bicyclic) bond motifs is 2. The van der Waals surface area contributed by atoms with E-state index in [2.05, 4.69) is 31.0 Å². The van der Waals surface area contributed by atoms with E-state index in [9.17, 15) is 4.79 Å². The molecule has 10 heteroatoms. The summed E-state index contributed by atoms with van der Waals surface area (Å²) in [6.07, 6.45) is 0. The predicted octanol–water partition coefficient (Wildman–Crippen LogP) is 2.78. The van der Waals surface area contributed by atoms with Gasteiger partial charge in [-0.15, -0.1) is 0 Å². The van der Waals surface area contributed by atoms with E-state index in [1.165, 1.54) is 0 Å². The Kier molecular flexibility index (Phi) is 4.02. The van der Waals surface area contributed by atoms with Crippen LogP contribution in [0, 0.1) is 0 Å². The lowest BCUT2D eigenvalue weighted by atomic mass is 9.92. The Morgan fingerprint density at radius 3 is 2.79 bits per heavy atom. The van der Waals surface area contributed by atoms with Crippen LogP contribution in [0.25, 0.3) is 11.3 Å². The van der Waals surface area contributed by atoms with Crippen molar-refractivity contribution in [2.75, 3.05) is 12.4 Å². The molecule has 0 saturated carbocycles. The fourth-order valence-corrected chi connectivity index (χ4v) is 3.61.